The standard InChI is InChI=1S/C13H18O6/c1-8(11(15)16)13(12(17)18,7-10(14)19-2)9-5-3-4-6-9/h9H,1,3-7H2,2H3,(H,15,16)(H,17,18). The largest absolute Gasteiger partial charge is 0.481 e. The third kappa shape index (κ3) is 2.77. The number of carbonyl (C=O) groups is 3. The Bertz CT molecular complexity index is 407. The number of rotatable bonds is 6. The molecule has 1 atom stereocenters. The van der Waals surface area contributed by atoms with Gasteiger partial charge in [-0.05, 0) is 18.8 Å². The smallest absolute Gasteiger partial charge is 0.332 e. The van der Waals surface area contributed by atoms with Gasteiger partial charge < -0.3 is 14.9 Å². The highest BCUT2D eigenvalue weighted by atomic mass is 16.5. The van der Waals surface area contributed by atoms with E-state index in [0.717, 1.165) is 20.0 Å². The molecular weight excluding hydrogens is 252 g/mol. The Balaban J connectivity index is 3.24. The van der Waals surface area contributed by atoms with Crippen LogP contribution in [0.5, 0.6) is 0 Å². The lowest BCUT2D eigenvalue weighted by molar-refractivity contribution is -0.160. The topological polar surface area (TPSA) is 101 Å². The van der Waals surface area contributed by atoms with Crippen LogP contribution in [0.3, 0.4) is 0 Å². The van der Waals surface area contributed by atoms with Crippen molar-refractivity contribution in [2.45, 2.75) is 32.1 Å². The van der Waals surface area contributed by atoms with E-state index in [1.165, 1.54) is 0 Å². The Morgan fingerprint density at radius 3 is 2.16 bits per heavy atom. The number of carboxylic acid groups (broad SMARTS) is 2. The van der Waals surface area contributed by atoms with Gasteiger partial charge in [0.25, 0.3) is 0 Å². The maximum Gasteiger partial charge on any atom is 0.332 e. The molecule has 0 amide bonds. The number of carboxylic acids is 2. The van der Waals surface area contributed by atoms with Crippen LogP contribution in [0, 0.1) is 11.3 Å². The third-order valence-corrected chi connectivity index (χ3v) is 3.88. The van der Waals surface area contributed by atoms with Gasteiger partial charge in [0.2, 0.25) is 0 Å². The predicted octanol–water partition coefficient (Wildman–Crippen LogP) is 1.45. The van der Waals surface area contributed by atoms with Gasteiger partial charge in [0.15, 0.2) is 0 Å². The molecule has 19 heavy (non-hydrogen) atoms. The minimum absolute atomic E-state index is 0.396. The van der Waals surface area contributed by atoms with Gasteiger partial charge in [-0.15, -0.1) is 0 Å². The number of carbonyl (C=O) groups excluding carboxylic acids is 1. The summed E-state index contributed by atoms with van der Waals surface area (Å²) in [4.78, 5) is 34.3. The second-order valence-electron chi connectivity index (χ2n) is 4.79. The van der Waals surface area contributed by atoms with Gasteiger partial charge in [0.05, 0.1) is 13.5 Å². The highest BCUT2D eigenvalue weighted by Gasteiger charge is 2.52. The fourth-order valence-corrected chi connectivity index (χ4v) is 2.79. The molecule has 0 aromatic rings. The zero-order valence-electron chi connectivity index (χ0n) is 10.8. The monoisotopic (exact) mass is 270 g/mol. The summed E-state index contributed by atoms with van der Waals surface area (Å²) in [5, 5.41) is 18.6. The minimum Gasteiger partial charge on any atom is -0.481 e. The lowest BCUT2D eigenvalue weighted by Gasteiger charge is -2.34. The van der Waals surface area contributed by atoms with E-state index in [1.807, 2.05) is 0 Å². The van der Waals surface area contributed by atoms with Crippen LogP contribution in [-0.2, 0) is 19.1 Å². The summed E-state index contributed by atoms with van der Waals surface area (Å²) < 4.78 is 4.51. The van der Waals surface area contributed by atoms with Crippen LogP contribution in [0.4, 0.5) is 0 Å². The molecule has 0 heterocycles. The van der Waals surface area contributed by atoms with Crippen LogP contribution in [0.2, 0.25) is 0 Å². The van der Waals surface area contributed by atoms with Gasteiger partial charge in [0, 0.05) is 5.57 Å². The number of esters is 1. The molecule has 1 unspecified atom stereocenters. The van der Waals surface area contributed by atoms with Crippen molar-refractivity contribution >= 4 is 17.9 Å². The van der Waals surface area contributed by atoms with Crippen LogP contribution in [0.15, 0.2) is 12.2 Å². The molecule has 1 rings (SSSR count). The normalized spacial score (nSPS) is 18.6. The molecule has 0 saturated heterocycles. The molecule has 6 heteroatoms. The maximum absolute atomic E-state index is 11.7. The van der Waals surface area contributed by atoms with Crippen molar-refractivity contribution in [2.75, 3.05) is 7.11 Å². The molecule has 0 bridgehead atoms. The Hall–Kier alpha value is -1.85. The lowest BCUT2D eigenvalue weighted by atomic mass is 9.67. The Morgan fingerprint density at radius 2 is 1.79 bits per heavy atom. The molecule has 0 aromatic heterocycles. The summed E-state index contributed by atoms with van der Waals surface area (Å²) in [6.45, 7) is 3.39. The van der Waals surface area contributed by atoms with Crippen LogP contribution >= 0.6 is 0 Å². The van der Waals surface area contributed by atoms with Crippen molar-refractivity contribution in [3.8, 4) is 0 Å². The van der Waals surface area contributed by atoms with Gasteiger partial charge in [0.1, 0.15) is 5.41 Å². The average Bonchev–Trinajstić information content (AvgIpc) is 2.88. The molecule has 1 aliphatic rings. The first kappa shape index (κ1) is 15.2. The van der Waals surface area contributed by atoms with Crippen LogP contribution in [0.25, 0.3) is 0 Å². The maximum atomic E-state index is 11.7. The molecule has 2 N–H and O–H groups in total. The molecule has 0 spiro atoms. The summed E-state index contributed by atoms with van der Waals surface area (Å²) in [6.07, 6.45) is 2.32. The molecule has 1 saturated carbocycles. The van der Waals surface area contributed by atoms with E-state index in [0.29, 0.717) is 12.8 Å². The predicted molar refractivity (Wildman–Crippen MR) is 65.4 cm³/mol. The van der Waals surface area contributed by atoms with Crippen molar-refractivity contribution in [1.82, 2.24) is 0 Å². The van der Waals surface area contributed by atoms with Crippen LogP contribution < -0.4 is 0 Å². The van der Waals surface area contributed by atoms with Crippen LogP contribution in [-0.4, -0.2) is 35.2 Å². The Labute approximate surface area is 111 Å². The van der Waals surface area contributed by atoms with Crippen molar-refractivity contribution in [3.05, 3.63) is 12.2 Å². The first-order chi connectivity index (χ1) is 8.86. The number of ether oxygens (including phenoxy) is 1. The van der Waals surface area contributed by atoms with Crippen molar-refractivity contribution in [1.29, 1.82) is 0 Å². The van der Waals surface area contributed by atoms with Gasteiger partial charge in [-0.1, -0.05) is 19.4 Å². The van der Waals surface area contributed by atoms with Gasteiger partial charge in [-0.2, -0.15) is 0 Å². The lowest BCUT2D eigenvalue weighted by Crippen LogP contribution is -2.43. The first-order valence-electron chi connectivity index (χ1n) is 6.09. The van der Waals surface area contributed by atoms with E-state index < -0.39 is 41.2 Å². The zero-order chi connectivity index (χ0) is 14.6. The average molecular weight is 270 g/mol. The summed E-state index contributed by atoms with van der Waals surface area (Å²) in [5.41, 5.74) is -2.22. The second-order valence-corrected chi connectivity index (χ2v) is 4.79. The Morgan fingerprint density at radius 1 is 1.26 bits per heavy atom. The quantitative estimate of drug-likeness (QED) is 0.559. The molecule has 1 fully saturated rings. The van der Waals surface area contributed by atoms with E-state index in [2.05, 4.69) is 11.3 Å². The van der Waals surface area contributed by atoms with Gasteiger partial charge >= 0.3 is 17.9 Å². The van der Waals surface area contributed by atoms with Crippen LogP contribution in [0.1, 0.15) is 32.1 Å². The summed E-state index contributed by atoms with van der Waals surface area (Å²) in [7, 11) is 1.15. The number of aliphatic carboxylic acids is 2. The fraction of sp³-hybridized carbons (Fsp3) is 0.615. The van der Waals surface area contributed by atoms with Crippen molar-refractivity contribution in [2.24, 2.45) is 11.3 Å². The Kier molecular flexibility index (Phi) is 4.69. The molecular formula is C13H18O6. The second kappa shape index (κ2) is 5.86. The SMILES string of the molecule is C=C(C(=O)O)C(CC(=O)OC)(C(=O)O)C1CCCC1. The highest BCUT2D eigenvalue weighted by molar-refractivity contribution is 5.98. The van der Waals surface area contributed by atoms with E-state index >= 15 is 0 Å². The molecule has 1 aliphatic carbocycles. The first-order valence-corrected chi connectivity index (χ1v) is 6.09. The summed E-state index contributed by atoms with van der Waals surface area (Å²) in [6, 6.07) is 0. The number of hydrogen-bond donors (Lipinski definition) is 2. The summed E-state index contributed by atoms with van der Waals surface area (Å²) in [5.74, 6) is -3.85. The van der Waals surface area contributed by atoms with E-state index in [1.54, 1.807) is 0 Å². The van der Waals surface area contributed by atoms with Gasteiger partial charge in [-0.3, -0.25) is 9.59 Å². The summed E-state index contributed by atoms with van der Waals surface area (Å²) >= 11 is 0. The van der Waals surface area contributed by atoms with Crippen molar-refractivity contribution < 1.29 is 29.3 Å². The number of methoxy groups -OCH3 is 1. The zero-order valence-corrected chi connectivity index (χ0v) is 10.8. The van der Waals surface area contributed by atoms with E-state index in [-0.39, 0.29) is 0 Å². The number of hydrogen-bond acceptors (Lipinski definition) is 4. The molecule has 6 nitrogen and oxygen atoms in total. The van der Waals surface area contributed by atoms with E-state index in [4.69, 9.17) is 5.11 Å². The molecule has 0 aromatic carbocycles. The van der Waals surface area contributed by atoms with E-state index in [9.17, 15) is 19.5 Å². The minimum atomic E-state index is -1.77. The molecule has 0 aliphatic heterocycles. The van der Waals surface area contributed by atoms with Gasteiger partial charge in [-0.25, -0.2) is 4.79 Å². The highest BCUT2D eigenvalue weighted by Crippen LogP contribution is 2.47. The third-order valence-electron chi connectivity index (χ3n) is 3.88. The van der Waals surface area contributed by atoms with Crippen molar-refractivity contribution in [3.63, 3.8) is 0 Å². The molecule has 106 valence electrons. The molecule has 0 radical (unpaired) electrons. The fourth-order valence-electron chi connectivity index (χ4n) is 2.79.